The second kappa shape index (κ2) is 6.76. The molecule has 0 atom stereocenters. The fourth-order valence-corrected chi connectivity index (χ4v) is 1.59. The lowest BCUT2D eigenvalue weighted by Crippen LogP contribution is -2.24. The van der Waals surface area contributed by atoms with Crippen molar-refractivity contribution in [2.45, 2.75) is 6.18 Å². The van der Waals surface area contributed by atoms with Gasteiger partial charge in [-0.25, -0.2) is 0 Å². The molecule has 0 unspecified atom stereocenters. The minimum Gasteiger partial charge on any atom is -0.341 e. The molecule has 22 heavy (non-hydrogen) atoms. The number of carbonyl (C=O) groups is 1. The molecule has 1 aromatic carbocycles. The summed E-state index contributed by atoms with van der Waals surface area (Å²) in [7, 11) is 0. The van der Waals surface area contributed by atoms with Gasteiger partial charge in [-0.2, -0.15) is 13.2 Å². The summed E-state index contributed by atoms with van der Waals surface area (Å²) in [6.45, 7) is 0.0920. The molecule has 1 amide bonds. The molecule has 2 rings (SSSR count). The molecule has 2 aromatic rings. The SMILES string of the molecule is O=C(NCC#Cc1ccccc1)c1ccc(C(F)(F)F)nc1. The van der Waals surface area contributed by atoms with Crippen molar-refractivity contribution in [3.05, 3.63) is 65.5 Å². The third-order valence-corrected chi connectivity index (χ3v) is 2.66. The van der Waals surface area contributed by atoms with Gasteiger partial charge >= 0.3 is 6.18 Å². The van der Waals surface area contributed by atoms with E-state index in [2.05, 4.69) is 22.1 Å². The van der Waals surface area contributed by atoms with Gasteiger partial charge in [0.2, 0.25) is 0 Å². The number of rotatable bonds is 2. The maximum Gasteiger partial charge on any atom is 0.433 e. The standard InChI is InChI=1S/C16H11F3N2O/c17-16(18,19)14-9-8-13(11-21-14)15(22)20-10-4-7-12-5-2-1-3-6-12/h1-3,5-6,8-9,11H,10H2,(H,20,22). The Morgan fingerprint density at radius 2 is 1.86 bits per heavy atom. The predicted molar refractivity (Wildman–Crippen MR) is 74.9 cm³/mol. The number of benzene rings is 1. The van der Waals surface area contributed by atoms with Gasteiger partial charge in [0.1, 0.15) is 5.69 Å². The molecule has 1 heterocycles. The summed E-state index contributed by atoms with van der Waals surface area (Å²) in [6, 6.07) is 11.1. The van der Waals surface area contributed by atoms with E-state index in [4.69, 9.17) is 0 Å². The lowest BCUT2D eigenvalue weighted by atomic mass is 10.2. The molecule has 112 valence electrons. The topological polar surface area (TPSA) is 42.0 Å². The summed E-state index contributed by atoms with van der Waals surface area (Å²) < 4.78 is 37.0. The number of aromatic nitrogens is 1. The number of pyridine rings is 1. The van der Waals surface area contributed by atoms with Crippen LogP contribution in [0.25, 0.3) is 0 Å². The number of hydrogen-bond donors (Lipinski definition) is 1. The van der Waals surface area contributed by atoms with Gasteiger partial charge < -0.3 is 5.32 Å². The lowest BCUT2D eigenvalue weighted by molar-refractivity contribution is -0.141. The van der Waals surface area contributed by atoms with Crippen LogP contribution in [0.2, 0.25) is 0 Å². The Labute approximate surface area is 125 Å². The maximum atomic E-state index is 12.3. The summed E-state index contributed by atoms with van der Waals surface area (Å²) in [6.07, 6.45) is -3.63. The molecule has 0 aliphatic carbocycles. The van der Waals surface area contributed by atoms with Crippen LogP contribution < -0.4 is 5.32 Å². The van der Waals surface area contributed by atoms with Crippen molar-refractivity contribution in [2.24, 2.45) is 0 Å². The Hall–Kier alpha value is -2.81. The Bertz CT molecular complexity index is 698. The molecule has 0 radical (unpaired) electrons. The minimum absolute atomic E-state index is 0.0505. The second-order valence-corrected chi connectivity index (χ2v) is 4.28. The van der Waals surface area contributed by atoms with Crippen LogP contribution in [-0.2, 0) is 6.18 Å². The van der Waals surface area contributed by atoms with Crippen molar-refractivity contribution < 1.29 is 18.0 Å². The molecular weight excluding hydrogens is 293 g/mol. The molecule has 0 bridgehead atoms. The molecule has 0 saturated carbocycles. The fourth-order valence-electron chi connectivity index (χ4n) is 1.59. The van der Waals surface area contributed by atoms with E-state index >= 15 is 0 Å². The van der Waals surface area contributed by atoms with Crippen LogP contribution in [0.3, 0.4) is 0 Å². The molecule has 1 aromatic heterocycles. The first-order valence-corrected chi connectivity index (χ1v) is 6.32. The Balaban J connectivity index is 1.92. The van der Waals surface area contributed by atoms with Crippen LogP contribution >= 0.6 is 0 Å². The zero-order chi connectivity index (χ0) is 16.0. The normalized spacial score (nSPS) is 10.5. The number of nitrogens with one attached hydrogen (secondary N) is 1. The maximum absolute atomic E-state index is 12.3. The number of amides is 1. The third-order valence-electron chi connectivity index (χ3n) is 2.66. The minimum atomic E-state index is -4.52. The predicted octanol–water partition coefficient (Wildman–Crippen LogP) is 2.88. The first-order valence-electron chi connectivity index (χ1n) is 6.32. The van der Waals surface area contributed by atoms with Crippen molar-refractivity contribution in [1.82, 2.24) is 10.3 Å². The van der Waals surface area contributed by atoms with Crippen LogP contribution in [0.5, 0.6) is 0 Å². The van der Waals surface area contributed by atoms with Crippen LogP contribution in [0.15, 0.2) is 48.7 Å². The van der Waals surface area contributed by atoms with Crippen LogP contribution in [-0.4, -0.2) is 17.4 Å². The van der Waals surface area contributed by atoms with Crippen molar-refractivity contribution in [3.8, 4) is 11.8 Å². The summed E-state index contributed by atoms with van der Waals surface area (Å²) in [4.78, 5) is 14.9. The highest BCUT2D eigenvalue weighted by Gasteiger charge is 2.32. The van der Waals surface area contributed by atoms with E-state index in [9.17, 15) is 18.0 Å². The van der Waals surface area contributed by atoms with Crippen LogP contribution in [0, 0.1) is 11.8 Å². The Morgan fingerprint density at radius 1 is 1.14 bits per heavy atom. The molecule has 0 fully saturated rings. The smallest absolute Gasteiger partial charge is 0.341 e. The first-order chi connectivity index (χ1) is 10.5. The summed E-state index contributed by atoms with van der Waals surface area (Å²) >= 11 is 0. The van der Waals surface area contributed by atoms with E-state index in [1.807, 2.05) is 30.3 Å². The number of hydrogen-bond acceptors (Lipinski definition) is 2. The molecule has 6 heteroatoms. The highest BCUT2D eigenvalue weighted by molar-refractivity contribution is 5.94. The van der Waals surface area contributed by atoms with Crippen molar-refractivity contribution >= 4 is 5.91 Å². The summed E-state index contributed by atoms with van der Waals surface area (Å²) in [5.74, 6) is 5.08. The van der Waals surface area contributed by atoms with Gasteiger partial charge in [-0.1, -0.05) is 30.0 Å². The van der Waals surface area contributed by atoms with E-state index < -0.39 is 17.8 Å². The Morgan fingerprint density at radius 3 is 2.45 bits per heavy atom. The van der Waals surface area contributed by atoms with Crippen molar-refractivity contribution in [3.63, 3.8) is 0 Å². The lowest BCUT2D eigenvalue weighted by Gasteiger charge is -2.06. The number of alkyl halides is 3. The van der Waals surface area contributed by atoms with Crippen LogP contribution in [0.1, 0.15) is 21.6 Å². The number of carbonyl (C=O) groups excluding carboxylic acids is 1. The second-order valence-electron chi connectivity index (χ2n) is 4.28. The molecule has 3 nitrogen and oxygen atoms in total. The van der Waals surface area contributed by atoms with Crippen molar-refractivity contribution in [1.29, 1.82) is 0 Å². The molecule has 0 aliphatic rings. The molecule has 0 spiro atoms. The Kier molecular flexibility index (Phi) is 4.79. The van der Waals surface area contributed by atoms with Crippen LogP contribution in [0.4, 0.5) is 13.2 Å². The van der Waals surface area contributed by atoms with Gasteiger partial charge in [-0.15, -0.1) is 0 Å². The number of halogens is 3. The average molecular weight is 304 g/mol. The number of nitrogens with zero attached hydrogens (tertiary/aromatic N) is 1. The van der Waals surface area contributed by atoms with Gasteiger partial charge in [-0.3, -0.25) is 9.78 Å². The first kappa shape index (κ1) is 15.6. The fraction of sp³-hybridized carbons (Fsp3) is 0.125. The third kappa shape index (κ3) is 4.35. The van der Waals surface area contributed by atoms with E-state index in [-0.39, 0.29) is 12.1 Å². The van der Waals surface area contributed by atoms with E-state index in [1.165, 1.54) is 0 Å². The monoisotopic (exact) mass is 304 g/mol. The largest absolute Gasteiger partial charge is 0.433 e. The quantitative estimate of drug-likeness (QED) is 0.867. The molecule has 1 N–H and O–H groups in total. The summed E-state index contributed by atoms with van der Waals surface area (Å²) in [5.41, 5.74) is -0.171. The average Bonchev–Trinajstić information content (AvgIpc) is 2.52. The molecule has 0 saturated heterocycles. The van der Waals surface area contributed by atoms with E-state index in [1.54, 1.807) is 0 Å². The highest BCUT2D eigenvalue weighted by Crippen LogP contribution is 2.27. The van der Waals surface area contributed by atoms with Gasteiger partial charge in [0.15, 0.2) is 0 Å². The van der Waals surface area contributed by atoms with Gasteiger partial charge in [0.25, 0.3) is 5.91 Å². The highest BCUT2D eigenvalue weighted by atomic mass is 19.4. The zero-order valence-corrected chi connectivity index (χ0v) is 11.3. The van der Waals surface area contributed by atoms with E-state index in [0.29, 0.717) is 0 Å². The zero-order valence-electron chi connectivity index (χ0n) is 11.3. The van der Waals surface area contributed by atoms with Gasteiger partial charge in [0, 0.05) is 11.8 Å². The molecule has 0 aliphatic heterocycles. The van der Waals surface area contributed by atoms with E-state index in [0.717, 1.165) is 23.9 Å². The van der Waals surface area contributed by atoms with Gasteiger partial charge in [0.05, 0.1) is 12.1 Å². The molecular formula is C16H11F3N2O. The van der Waals surface area contributed by atoms with Crippen molar-refractivity contribution in [2.75, 3.05) is 6.54 Å². The summed E-state index contributed by atoms with van der Waals surface area (Å²) in [5, 5.41) is 2.49. The van der Waals surface area contributed by atoms with Gasteiger partial charge in [-0.05, 0) is 24.3 Å².